The number of ether oxygens (including phenoxy) is 1. The van der Waals surface area contributed by atoms with Gasteiger partial charge in [0, 0.05) is 39.0 Å². The highest BCUT2D eigenvalue weighted by atomic mass is 16.5. The molecule has 0 spiro atoms. The van der Waals surface area contributed by atoms with E-state index in [0.29, 0.717) is 25.7 Å². The highest BCUT2D eigenvalue weighted by Gasteiger charge is 2.19. The Morgan fingerprint density at radius 1 is 1.35 bits per heavy atom. The second-order valence-electron chi connectivity index (χ2n) is 6.63. The van der Waals surface area contributed by atoms with E-state index >= 15 is 0 Å². The molecule has 1 amide bonds. The number of rotatable bonds is 9. The van der Waals surface area contributed by atoms with Crippen molar-refractivity contribution in [2.45, 2.75) is 32.6 Å². The number of amides is 1. The number of carbonyl (C=O) groups excluding carboxylic acids is 1. The minimum absolute atomic E-state index is 0.183. The van der Waals surface area contributed by atoms with Crippen molar-refractivity contribution in [1.82, 2.24) is 10.2 Å². The second kappa shape index (κ2) is 11.3. The van der Waals surface area contributed by atoms with Crippen molar-refractivity contribution in [3.63, 3.8) is 0 Å². The predicted molar refractivity (Wildman–Crippen MR) is 102 cm³/mol. The molecule has 0 radical (unpaired) electrons. The topological polar surface area (TPSA) is 65.4 Å². The van der Waals surface area contributed by atoms with E-state index in [4.69, 9.17) is 4.74 Å². The van der Waals surface area contributed by atoms with E-state index < -0.39 is 0 Å². The molecule has 26 heavy (non-hydrogen) atoms. The zero-order chi connectivity index (χ0) is 18.6. The van der Waals surface area contributed by atoms with Crippen molar-refractivity contribution < 1.29 is 9.53 Å². The van der Waals surface area contributed by atoms with Crippen LogP contribution < -0.4 is 5.32 Å². The fourth-order valence-corrected chi connectivity index (χ4v) is 3.17. The van der Waals surface area contributed by atoms with Crippen LogP contribution in [0.2, 0.25) is 0 Å². The van der Waals surface area contributed by atoms with Gasteiger partial charge in [-0.25, -0.2) is 0 Å². The number of piperidine rings is 1. The van der Waals surface area contributed by atoms with E-state index in [1.165, 1.54) is 5.56 Å². The van der Waals surface area contributed by atoms with Crippen molar-refractivity contribution in [1.29, 1.82) is 5.26 Å². The number of hydrogen-bond donors (Lipinski definition) is 1. The van der Waals surface area contributed by atoms with Crippen LogP contribution in [0, 0.1) is 17.2 Å². The molecule has 2 rings (SSSR count). The van der Waals surface area contributed by atoms with Crippen LogP contribution in [-0.4, -0.2) is 43.7 Å². The Balaban J connectivity index is 1.76. The highest BCUT2D eigenvalue weighted by molar-refractivity contribution is 5.97. The maximum Gasteiger partial charge on any atom is 0.263 e. The molecular weight excluding hydrogens is 326 g/mol. The summed E-state index contributed by atoms with van der Waals surface area (Å²) in [5.74, 6) is 0.371. The molecular formula is C21H29N3O2. The van der Waals surface area contributed by atoms with Crippen LogP contribution in [0.3, 0.4) is 0 Å². The Bertz CT molecular complexity index is 614. The average Bonchev–Trinajstić information content (AvgIpc) is 2.68. The third kappa shape index (κ3) is 6.89. The van der Waals surface area contributed by atoms with E-state index in [1.807, 2.05) is 19.1 Å². The Morgan fingerprint density at radius 3 is 2.73 bits per heavy atom. The van der Waals surface area contributed by atoms with Gasteiger partial charge in [-0.05, 0) is 44.1 Å². The van der Waals surface area contributed by atoms with Gasteiger partial charge in [0.15, 0.2) is 0 Å². The molecule has 1 saturated heterocycles. The first-order valence-electron chi connectivity index (χ1n) is 9.48. The molecule has 1 aromatic carbocycles. The zero-order valence-corrected chi connectivity index (χ0v) is 15.6. The van der Waals surface area contributed by atoms with Gasteiger partial charge in [0.05, 0.1) is 0 Å². The molecule has 0 aliphatic carbocycles. The molecule has 5 nitrogen and oxygen atoms in total. The summed E-state index contributed by atoms with van der Waals surface area (Å²) in [6, 6.07) is 12.6. The first-order chi connectivity index (χ1) is 12.7. The predicted octanol–water partition coefficient (Wildman–Crippen LogP) is 2.89. The van der Waals surface area contributed by atoms with Crippen LogP contribution in [-0.2, 0) is 16.0 Å². The van der Waals surface area contributed by atoms with Crippen molar-refractivity contribution >= 4 is 5.91 Å². The van der Waals surface area contributed by atoms with Gasteiger partial charge in [-0.1, -0.05) is 30.3 Å². The number of benzene rings is 1. The summed E-state index contributed by atoms with van der Waals surface area (Å²) < 4.78 is 5.24. The molecule has 1 aliphatic rings. The van der Waals surface area contributed by atoms with Crippen LogP contribution in [0.5, 0.6) is 0 Å². The Morgan fingerprint density at radius 2 is 2.08 bits per heavy atom. The van der Waals surface area contributed by atoms with Crippen LogP contribution in [0.15, 0.2) is 42.1 Å². The van der Waals surface area contributed by atoms with Gasteiger partial charge in [0.25, 0.3) is 5.91 Å². The van der Waals surface area contributed by atoms with Gasteiger partial charge in [-0.2, -0.15) is 5.26 Å². The van der Waals surface area contributed by atoms with Crippen molar-refractivity contribution in [2.75, 3.05) is 32.8 Å². The van der Waals surface area contributed by atoms with Crippen LogP contribution >= 0.6 is 0 Å². The van der Waals surface area contributed by atoms with E-state index in [9.17, 15) is 10.1 Å². The molecule has 140 valence electrons. The fraction of sp³-hybridized carbons (Fsp3) is 0.524. The smallest absolute Gasteiger partial charge is 0.263 e. The molecule has 0 aromatic heterocycles. The lowest BCUT2D eigenvalue weighted by Gasteiger charge is -2.31. The monoisotopic (exact) mass is 355 g/mol. The summed E-state index contributed by atoms with van der Waals surface area (Å²) in [7, 11) is 0. The van der Waals surface area contributed by atoms with E-state index in [0.717, 1.165) is 38.8 Å². The first-order valence-corrected chi connectivity index (χ1v) is 9.48. The van der Waals surface area contributed by atoms with Gasteiger partial charge < -0.3 is 15.0 Å². The van der Waals surface area contributed by atoms with Crippen molar-refractivity contribution in [2.24, 2.45) is 5.92 Å². The lowest BCUT2D eigenvalue weighted by Crippen LogP contribution is -2.32. The normalized spacial score (nSPS) is 15.5. The number of nitriles is 1. The van der Waals surface area contributed by atoms with Crippen LogP contribution in [0.4, 0.5) is 0 Å². The molecule has 0 unspecified atom stereocenters. The maximum absolute atomic E-state index is 12.1. The quantitative estimate of drug-likeness (QED) is 0.420. The summed E-state index contributed by atoms with van der Waals surface area (Å²) in [6.45, 7) is 5.55. The third-order valence-corrected chi connectivity index (χ3v) is 4.65. The number of nitrogens with one attached hydrogen (secondary N) is 1. The molecule has 1 aliphatic heterocycles. The summed E-state index contributed by atoms with van der Waals surface area (Å²) >= 11 is 0. The zero-order valence-electron chi connectivity index (χ0n) is 15.6. The van der Waals surface area contributed by atoms with Gasteiger partial charge in [0.1, 0.15) is 11.6 Å². The molecule has 0 saturated carbocycles. The third-order valence-electron chi connectivity index (χ3n) is 4.65. The lowest BCUT2D eigenvalue weighted by atomic mass is 9.90. The van der Waals surface area contributed by atoms with E-state index in [2.05, 4.69) is 34.5 Å². The number of nitrogens with zero attached hydrogens (tertiary/aromatic N) is 2. The summed E-state index contributed by atoms with van der Waals surface area (Å²) in [5, 5.41) is 12.1. The van der Waals surface area contributed by atoms with Crippen molar-refractivity contribution in [3.8, 4) is 6.07 Å². The molecule has 1 N–H and O–H groups in total. The van der Waals surface area contributed by atoms with Gasteiger partial charge in [-0.15, -0.1) is 0 Å². The number of carbonyl (C=O) groups is 1. The van der Waals surface area contributed by atoms with Crippen LogP contribution in [0.1, 0.15) is 31.7 Å². The van der Waals surface area contributed by atoms with E-state index in [-0.39, 0.29) is 11.5 Å². The van der Waals surface area contributed by atoms with Gasteiger partial charge in [0.2, 0.25) is 0 Å². The molecule has 5 heteroatoms. The fourth-order valence-electron chi connectivity index (χ4n) is 3.17. The Kier molecular flexibility index (Phi) is 8.71. The lowest BCUT2D eigenvalue weighted by molar-refractivity contribution is -0.117. The maximum atomic E-state index is 12.1. The average molecular weight is 355 g/mol. The summed E-state index contributed by atoms with van der Waals surface area (Å²) in [5.41, 5.74) is 1.56. The molecule has 0 bridgehead atoms. The standard InChI is InChI=1S/C21H29N3O2/c1-2-26-14-6-11-23-21(25)20(16-22)17-24-12-9-19(10-13-24)15-18-7-4-3-5-8-18/h3-5,7-8,17,19H,2,6,9-15H2,1H3,(H,23,25)/b20-17-. The van der Waals surface area contributed by atoms with Crippen molar-refractivity contribution in [3.05, 3.63) is 47.7 Å². The Labute approximate surface area is 156 Å². The van der Waals surface area contributed by atoms with Gasteiger partial charge in [-0.3, -0.25) is 4.79 Å². The Hall–Kier alpha value is -2.32. The molecule has 0 atom stereocenters. The number of hydrogen-bond acceptors (Lipinski definition) is 4. The molecule has 1 aromatic rings. The highest BCUT2D eigenvalue weighted by Crippen LogP contribution is 2.22. The second-order valence-corrected chi connectivity index (χ2v) is 6.63. The SMILES string of the molecule is CCOCCCNC(=O)/C(C#N)=C\N1CCC(Cc2ccccc2)CC1. The minimum atomic E-state index is -0.296. The first kappa shape index (κ1) is 20.0. The van der Waals surface area contributed by atoms with Crippen LogP contribution in [0.25, 0.3) is 0 Å². The van der Waals surface area contributed by atoms with Gasteiger partial charge >= 0.3 is 0 Å². The molecule has 1 fully saturated rings. The summed E-state index contributed by atoms with van der Waals surface area (Å²) in [4.78, 5) is 14.2. The largest absolute Gasteiger partial charge is 0.382 e. The van der Waals surface area contributed by atoms with E-state index in [1.54, 1.807) is 6.20 Å². The number of likely N-dealkylation sites (tertiary alicyclic amines) is 1. The minimum Gasteiger partial charge on any atom is -0.382 e. The molecule has 1 heterocycles. The summed E-state index contributed by atoms with van der Waals surface area (Å²) in [6.07, 6.45) is 5.74.